The monoisotopic (exact) mass is 391 g/mol. The van der Waals surface area contributed by atoms with E-state index >= 15 is 0 Å². The second kappa shape index (κ2) is 7.41. The summed E-state index contributed by atoms with van der Waals surface area (Å²) in [7, 11) is 0. The molecule has 0 amide bonds. The number of ketones is 1. The number of hydrogen-bond donors (Lipinski definition) is 1. The van der Waals surface area contributed by atoms with E-state index in [9.17, 15) is 26.7 Å². The van der Waals surface area contributed by atoms with Crippen molar-refractivity contribution in [2.45, 2.75) is 51.0 Å². The zero-order chi connectivity index (χ0) is 19.8. The van der Waals surface area contributed by atoms with E-state index in [1.807, 2.05) is 6.92 Å². The number of rotatable bonds is 5. The molecule has 3 rings (SSSR count). The summed E-state index contributed by atoms with van der Waals surface area (Å²) in [5.74, 6) is -0.0170. The van der Waals surface area contributed by atoms with Crippen LogP contribution in [0.1, 0.15) is 25.3 Å². The number of halogens is 5. The van der Waals surface area contributed by atoms with Crippen LogP contribution in [0.3, 0.4) is 0 Å². The number of nitrogens with zero attached hydrogens (tertiary/aromatic N) is 2. The SMILES string of the molecule is C[C@H]1CC(=O)C[C@@H](COc2cc(C(F)(F)F)c3c(c2)ncn3CC(F)F)N1. The Morgan fingerprint density at radius 1 is 1.33 bits per heavy atom. The van der Waals surface area contributed by atoms with E-state index in [0.717, 1.165) is 17.0 Å². The van der Waals surface area contributed by atoms with Crippen molar-refractivity contribution in [3.8, 4) is 5.75 Å². The van der Waals surface area contributed by atoms with Gasteiger partial charge in [-0.2, -0.15) is 13.2 Å². The Balaban J connectivity index is 1.87. The third-order valence-electron chi connectivity index (χ3n) is 4.31. The van der Waals surface area contributed by atoms with Gasteiger partial charge in [0.15, 0.2) is 0 Å². The minimum atomic E-state index is -4.76. The molecule has 1 aromatic heterocycles. The van der Waals surface area contributed by atoms with Crippen molar-refractivity contribution in [1.82, 2.24) is 14.9 Å². The third-order valence-corrected chi connectivity index (χ3v) is 4.31. The highest BCUT2D eigenvalue weighted by molar-refractivity contribution is 5.82. The maximum absolute atomic E-state index is 13.4. The van der Waals surface area contributed by atoms with Crippen molar-refractivity contribution in [3.05, 3.63) is 24.0 Å². The summed E-state index contributed by atoms with van der Waals surface area (Å²) in [6.07, 6.45) is -5.97. The second-order valence-corrected chi connectivity index (χ2v) is 6.65. The van der Waals surface area contributed by atoms with Crippen molar-refractivity contribution in [1.29, 1.82) is 0 Å². The van der Waals surface area contributed by atoms with Gasteiger partial charge in [-0.05, 0) is 13.0 Å². The van der Waals surface area contributed by atoms with E-state index in [1.54, 1.807) is 0 Å². The Bertz CT molecular complexity index is 834. The zero-order valence-electron chi connectivity index (χ0n) is 14.4. The standard InChI is InChI=1S/C17H18F5N3O2/c1-9-2-11(26)3-10(24-9)7-27-12-4-13(17(20,21)22)16-14(5-12)23-8-25(16)6-15(18)19/h4-5,8-10,15,24H,2-3,6-7H2,1H3/t9-,10-/m0/s1. The maximum Gasteiger partial charge on any atom is 0.418 e. The number of piperidine rings is 1. The lowest BCUT2D eigenvalue weighted by atomic mass is 9.99. The topological polar surface area (TPSA) is 56.1 Å². The Kier molecular flexibility index (Phi) is 5.36. The first-order valence-corrected chi connectivity index (χ1v) is 8.38. The van der Waals surface area contributed by atoms with Crippen LogP contribution in [-0.2, 0) is 17.5 Å². The van der Waals surface area contributed by atoms with Crippen LogP contribution in [-0.4, -0.2) is 40.5 Å². The van der Waals surface area contributed by atoms with Gasteiger partial charge < -0.3 is 14.6 Å². The molecule has 0 spiro atoms. The van der Waals surface area contributed by atoms with E-state index in [1.165, 1.54) is 6.07 Å². The van der Waals surface area contributed by atoms with Crippen molar-refractivity contribution >= 4 is 16.8 Å². The molecule has 1 saturated heterocycles. The predicted molar refractivity (Wildman–Crippen MR) is 86.9 cm³/mol. The number of imidazole rings is 1. The minimum Gasteiger partial charge on any atom is -0.492 e. The fraction of sp³-hybridized carbons (Fsp3) is 0.529. The molecule has 0 radical (unpaired) electrons. The zero-order valence-corrected chi connectivity index (χ0v) is 14.4. The molecule has 0 aliphatic carbocycles. The molecule has 27 heavy (non-hydrogen) atoms. The van der Waals surface area contributed by atoms with E-state index < -0.39 is 30.2 Å². The summed E-state index contributed by atoms with van der Waals surface area (Å²) in [6, 6.07) is 1.72. The summed E-state index contributed by atoms with van der Waals surface area (Å²) < 4.78 is 71.9. The lowest BCUT2D eigenvalue weighted by molar-refractivity contribution is -0.136. The average molecular weight is 391 g/mol. The Hall–Kier alpha value is -2.23. The highest BCUT2D eigenvalue weighted by atomic mass is 19.4. The quantitative estimate of drug-likeness (QED) is 0.794. The molecule has 0 bridgehead atoms. The third kappa shape index (κ3) is 4.55. The second-order valence-electron chi connectivity index (χ2n) is 6.65. The Morgan fingerprint density at radius 2 is 2.07 bits per heavy atom. The highest BCUT2D eigenvalue weighted by Crippen LogP contribution is 2.37. The van der Waals surface area contributed by atoms with Crippen molar-refractivity contribution in [2.24, 2.45) is 0 Å². The molecule has 0 saturated carbocycles. The molecule has 148 valence electrons. The number of nitrogens with one attached hydrogen (secondary N) is 1. The lowest BCUT2D eigenvalue weighted by Gasteiger charge is -2.27. The van der Waals surface area contributed by atoms with E-state index in [2.05, 4.69) is 10.3 Å². The number of alkyl halides is 5. The summed E-state index contributed by atoms with van der Waals surface area (Å²) in [4.78, 5) is 15.4. The molecule has 2 heterocycles. The van der Waals surface area contributed by atoms with E-state index in [4.69, 9.17) is 4.74 Å². The smallest absolute Gasteiger partial charge is 0.418 e. The molecule has 5 nitrogen and oxygen atoms in total. The molecule has 10 heteroatoms. The maximum atomic E-state index is 13.4. The van der Waals surface area contributed by atoms with Gasteiger partial charge in [0.25, 0.3) is 6.43 Å². The first-order chi connectivity index (χ1) is 12.6. The van der Waals surface area contributed by atoms with Gasteiger partial charge in [0.05, 0.1) is 29.5 Å². The molecule has 1 fully saturated rings. The first kappa shape index (κ1) is 19.5. The average Bonchev–Trinajstić information content (AvgIpc) is 2.92. The van der Waals surface area contributed by atoms with E-state index in [-0.39, 0.29) is 42.2 Å². The fourth-order valence-corrected chi connectivity index (χ4v) is 3.29. The van der Waals surface area contributed by atoms with Gasteiger partial charge in [0.2, 0.25) is 0 Å². The number of ether oxygens (including phenoxy) is 1. The van der Waals surface area contributed by atoms with Gasteiger partial charge >= 0.3 is 6.18 Å². The first-order valence-electron chi connectivity index (χ1n) is 8.38. The largest absolute Gasteiger partial charge is 0.492 e. The molecule has 1 aliphatic rings. The molecular weight excluding hydrogens is 373 g/mol. The summed E-state index contributed by atoms with van der Waals surface area (Å²) >= 11 is 0. The van der Waals surface area contributed by atoms with Gasteiger partial charge in [0.1, 0.15) is 18.1 Å². The number of benzene rings is 1. The van der Waals surface area contributed by atoms with Crippen LogP contribution in [0.5, 0.6) is 5.75 Å². The molecule has 1 aromatic carbocycles. The number of aromatic nitrogens is 2. The van der Waals surface area contributed by atoms with Gasteiger partial charge in [0, 0.05) is 31.0 Å². The molecule has 2 aromatic rings. The molecule has 1 N–H and O–H groups in total. The fourth-order valence-electron chi connectivity index (χ4n) is 3.29. The molecule has 1 aliphatic heterocycles. The number of carbonyl (C=O) groups is 1. The van der Waals surface area contributed by atoms with Crippen LogP contribution in [0.25, 0.3) is 11.0 Å². The summed E-state index contributed by atoms with van der Waals surface area (Å²) in [5.41, 5.74) is -1.58. The number of fused-ring (bicyclic) bond motifs is 1. The summed E-state index contributed by atoms with van der Waals surface area (Å²) in [5, 5.41) is 3.15. The number of hydrogen-bond acceptors (Lipinski definition) is 4. The highest BCUT2D eigenvalue weighted by Gasteiger charge is 2.35. The van der Waals surface area contributed by atoms with Crippen LogP contribution in [0.15, 0.2) is 18.5 Å². The van der Waals surface area contributed by atoms with Gasteiger partial charge in [-0.15, -0.1) is 0 Å². The number of carbonyl (C=O) groups excluding carboxylic acids is 1. The normalized spacial score (nSPS) is 21.2. The van der Waals surface area contributed by atoms with Crippen LogP contribution in [0.4, 0.5) is 22.0 Å². The molecular formula is C17H18F5N3O2. The lowest BCUT2D eigenvalue weighted by Crippen LogP contribution is -2.47. The van der Waals surface area contributed by atoms with E-state index in [0.29, 0.717) is 6.42 Å². The summed E-state index contributed by atoms with van der Waals surface area (Å²) in [6.45, 7) is 0.968. The minimum absolute atomic E-state index is 0.0105. The Morgan fingerprint density at radius 3 is 2.70 bits per heavy atom. The van der Waals surface area contributed by atoms with Crippen molar-refractivity contribution < 1.29 is 31.5 Å². The van der Waals surface area contributed by atoms with Crippen LogP contribution >= 0.6 is 0 Å². The van der Waals surface area contributed by atoms with Crippen molar-refractivity contribution in [3.63, 3.8) is 0 Å². The van der Waals surface area contributed by atoms with Gasteiger partial charge in [-0.1, -0.05) is 0 Å². The van der Waals surface area contributed by atoms with Crippen LogP contribution in [0.2, 0.25) is 0 Å². The molecule has 2 atom stereocenters. The molecule has 0 unspecified atom stereocenters. The predicted octanol–water partition coefficient (Wildman–Crippen LogP) is 3.41. The van der Waals surface area contributed by atoms with Crippen LogP contribution < -0.4 is 10.1 Å². The van der Waals surface area contributed by atoms with Crippen molar-refractivity contribution in [2.75, 3.05) is 6.61 Å². The van der Waals surface area contributed by atoms with Gasteiger partial charge in [-0.25, -0.2) is 13.8 Å². The number of Topliss-reactive ketones (excluding diaryl/α,β-unsaturated/α-hetero) is 1. The van der Waals surface area contributed by atoms with Gasteiger partial charge in [-0.3, -0.25) is 4.79 Å². The Labute approximate surface area is 151 Å². The van der Waals surface area contributed by atoms with Crippen LogP contribution in [0, 0.1) is 0 Å².